The first-order chi connectivity index (χ1) is 8.92. The van der Waals surface area contributed by atoms with E-state index in [1.807, 2.05) is 41.0 Å². The number of hydrazone groups is 1. The van der Waals surface area contributed by atoms with Gasteiger partial charge in [0.05, 0.1) is 29.2 Å². The third-order valence-corrected chi connectivity index (χ3v) is 4.45. The number of nitrogens with zero attached hydrogens (tertiary/aromatic N) is 3. The van der Waals surface area contributed by atoms with Gasteiger partial charge in [0.15, 0.2) is 0 Å². The highest BCUT2D eigenvalue weighted by Crippen LogP contribution is 2.17. The lowest BCUT2D eigenvalue weighted by molar-refractivity contribution is 0.616. The van der Waals surface area contributed by atoms with Gasteiger partial charge in [-0.1, -0.05) is 0 Å². The maximum absolute atomic E-state index is 4.37. The molecular formula is C12H12N4S2. The number of aromatic nitrogens is 2. The van der Waals surface area contributed by atoms with Gasteiger partial charge in [0, 0.05) is 28.6 Å². The molecule has 0 radical (unpaired) electrons. The summed E-state index contributed by atoms with van der Waals surface area (Å²) in [7, 11) is 0. The number of hydrogen-bond acceptors (Lipinski definition) is 6. The Bertz CT molecular complexity index is 518. The Kier molecular flexibility index (Phi) is 3.56. The van der Waals surface area contributed by atoms with Crippen LogP contribution in [0.5, 0.6) is 0 Å². The van der Waals surface area contributed by atoms with Crippen LogP contribution in [0.2, 0.25) is 0 Å². The Labute approximate surface area is 114 Å². The van der Waals surface area contributed by atoms with Crippen LogP contribution in [0, 0.1) is 0 Å². The molecule has 2 aromatic heterocycles. The van der Waals surface area contributed by atoms with Crippen molar-refractivity contribution in [3.63, 3.8) is 0 Å². The molecule has 0 saturated carbocycles. The van der Waals surface area contributed by atoms with Crippen LogP contribution >= 0.6 is 23.1 Å². The molecule has 1 saturated heterocycles. The number of nitrogens with one attached hydrogen (secondary N) is 1. The molecule has 0 aliphatic carbocycles. The van der Waals surface area contributed by atoms with Crippen LogP contribution in [0.25, 0.3) is 11.4 Å². The summed E-state index contributed by atoms with van der Waals surface area (Å²) >= 11 is 3.51. The van der Waals surface area contributed by atoms with Gasteiger partial charge in [-0.15, -0.1) is 11.3 Å². The number of hydrogen-bond donors (Lipinski definition) is 1. The quantitative estimate of drug-likeness (QED) is 0.687. The van der Waals surface area contributed by atoms with Gasteiger partial charge in [0.25, 0.3) is 0 Å². The molecule has 0 bridgehead atoms. The van der Waals surface area contributed by atoms with Crippen molar-refractivity contribution < 1.29 is 0 Å². The van der Waals surface area contributed by atoms with E-state index in [0.29, 0.717) is 6.04 Å². The normalized spacial score (nSPS) is 15.8. The number of thioether (sulfide) groups is 1. The van der Waals surface area contributed by atoms with Crippen LogP contribution in [0.1, 0.15) is 5.56 Å². The third kappa shape index (κ3) is 2.70. The minimum absolute atomic E-state index is 0.536. The van der Waals surface area contributed by atoms with Crippen LogP contribution in [0.4, 0.5) is 0 Å². The van der Waals surface area contributed by atoms with Crippen molar-refractivity contribution in [2.45, 2.75) is 6.04 Å². The van der Waals surface area contributed by atoms with Crippen molar-refractivity contribution in [3.05, 3.63) is 34.8 Å². The fourth-order valence-corrected chi connectivity index (χ4v) is 2.67. The van der Waals surface area contributed by atoms with Crippen molar-refractivity contribution in [3.8, 4) is 11.4 Å². The zero-order chi connectivity index (χ0) is 12.2. The average molecular weight is 276 g/mol. The molecule has 0 spiro atoms. The van der Waals surface area contributed by atoms with Crippen LogP contribution in [-0.2, 0) is 0 Å². The molecule has 3 rings (SSSR count). The number of thiazole rings is 1. The molecule has 4 nitrogen and oxygen atoms in total. The molecular weight excluding hydrogens is 264 g/mol. The van der Waals surface area contributed by atoms with Gasteiger partial charge in [0.2, 0.25) is 0 Å². The van der Waals surface area contributed by atoms with Gasteiger partial charge in [-0.25, -0.2) is 4.98 Å². The van der Waals surface area contributed by atoms with E-state index in [9.17, 15) is 0 Å². The average Bonchev–Trinajstić information content (AvgIpc) is 2.87. The molecule has 6 heteroatoms. The summed E-state index contributed by atoms with van der Waals surface area (Å²) in [6, 6.07) is 4.51. The lowest BCUT2D eigenvalue weighted by Crippen LogP contribution is -2.37. The lowest BCUT2D eigenvalue weighted by Gasteiger charge is -2.23. The van der Waals surface area contributed by atoms with Crippen LogP contribution in [0.15, 0.2) is 34.3 Å². The van der Waals surface area contributed by atoms with Crippen molar-refractivity contribution in [2.75, 3.05) is 11.5 Å². The monoisotopic (exact) mass is 276 g/mol. The Morgan fingerprint density at radius 3 is 2.83 bits per heavy atom. The van der Waals surface area contributed by atoms with E-state index in [2.05, 4.69) is 20.5 Å². The van der Waals surface area contributed by atoms with Gasteiger partial charge in [-0.2, -0.15) is 16.9 Å². The molecule has 3 heterocycles. The molecule has 0 atom stereocenters. The second kappa shape index (κ2) is 5.49. The summed E-state index contributed by atoms with van der Waals surface area (Å²) in [4.78, 5) is 8.60. The largest absolute Gasteiger partial charge is 0.305 e. The van der Waals surface area contributed by atoms with Gasteiger partial charge in [-0.05, 0) is 12.1 Å². The second-order valence-corrected chi connectivity index (χ2v) is 5.77. The summed E-state index contributed by atoms with van der Waals surface area (Å²) in [6.07, 6.45) is 3.62. The molecule has 0 amide bonds. The molecule has 0 unspecified atom stereocenters. The number of rotatable bonds is 4. The molecule has 2 aromatic rings. The van der Waals surface area contributed by atoms with Crippen molar-refractivity contribution in [1.82, 2.24) is 15.4 Å². The van der Waals surface area contributed by atoms with Crippen molar-refractivity contribution >= 4 is 29.3 Å². The van der Waals surface area contributed by atoms with E-state index >= 15 is 0 Å². The van der Waals surface area contributed by atoms with E-state index in [1.165, 1.54) is 0 Å². The highest BCUT2D eigenvalue weighted by Gasteiger charge is 2.16. The van der Waals surface area contributed by atoms with E-state index in [0.717, 1.165) is 28.5 Å². The predicted molar refractivity (Wildman–Crippen MR) is 77.2 cm³/mol. The molecule has 18 heavy (non-hydrogen) atoms. The minimum atomic E-state index is 0.536. The molecule has 0 aromatic carbocycles. The second-order valence-electron chi connectivity index (χ2n) is 3.97. The van der Waals surface area contributed by atoms with Gasteiger partial charge in [0.1, 0.15) is 0 Å². The Morgan fingerprint density at radius 2 is 2.22 bits per heavy atom. The van der Waals surface area contributed by atoms with E-state index in [1.54, 1.807) is 17.6 Å². The van der Waals surface area contributed by atoms with Crippen molar-refractivity contribution in [1.29, 1.82) is 0 Å². The summed E-state index contributed by atoms with van der Waals surface area (Å²) in [5.41, 5.74) is 7.75. The van der Waals surface area contributed by atoms with Crippen LogP contribution in [-0.4, -0.2) is 33.7 Å². The Hall–Kier alpha value is -1.40. The van der Waals surface area contributed by atoms with Crippen molar-refractivity contribution in [2.24, 2.45) is 5.10 Å². The molecule has 1 aliphatic rings. The smallest absolute Gasteiger partial charge is 0.0995 e. The standard InChI is InChI=1S/C12H12N4S2/c1-2-11(12-7-18-8-14-12)13-3-9(1)4-15-16-10-5-17-6-10/h1-4,7-8,10,16H,5-6H2/b15-4+. The summed E-state index contributed by atoms with van der Waals surface area (Å²) in [5, 5.41) is 6.21. The van der Waals surface area contributed by atoms with E-state index in [-0.39, 0.29) is 0 Å². The fraction of sp³-hybridized carbons (Fsp3) is 0.250. The first-order valence-corrected chi connectivity index (χ1v) is 7.72. The third-order valence-electron chi connectivity index (χ3n) is 2.59. The maximum Gasteiger partial charge on any atom is 0.0995 e. The zero-order valence-electron chi connectivity index (χ0n) is 9.61. The topological polar surface area (TPSA) is 50.2 Å². The predicted octanol–water partition coefficient (Wildman–Crippen LogP) is 2.24. The highest BCUT2D eigenvalue weighted by molar-refractivity contribution is 8.00. The highest BCUT2D eigenvalue weighted by atomic mass is 32.2. The molecule has 1 fully saturated rings. The molecule has 92 valence electrons. The van der Waals surface area contributed by atoms with Gasteiger partial charge in [-0.3, -0.25) is 4.98 Å². The summed E-state index contributed by atoms with van der Waals surface area (Å²) in [5.74, 6) is 2.30. The van der Waals surface area contributed by atoms with Gasteiger partial charge >= 0.3 is 0 Å². The van der Waals surface area contributed by atoms with Gasteiger partial charge < -0.3 is 5.43 Å². The minimum Gasteiger partial charge on any atom is -0.305 e. The fourth-order valence-electron chi connectivity index (χ4n) is 1.50. The summed E-state index contributed by atoms with van der Waals surface area (Å²) < 4.78 is 0. The molecule has 1 N–H and O–H groups in total. The SMILES string of the molecule is C(=N\NC1CSC1)/c1ccc(-c2cscn2)nc1. The Morgan fingerprint density at radius 1 is 1.28 bits per heavy atom. The van der Waals surface area contributed by atoms with E-state index in [4.69, 9.17) is 0 Å². The Balaban J connectivity index is 1.63. The zero-order valence-corrected chi connectivity index (χ0v) is 11.2. The van der Waals surface area contributed by atoms with Crippen LogP contribution in [0.3, 0.4) is 0 Å². The molecule has 1 aliphatic heterocycles. The first-order valence-electron chi connectivity index (χ1n) is 5.63. The van der Waals surface area contributed by atoms with E-state index < -0.39 is 0 Å². The summed E-state index contributed by atoms with van der Waals surface area (Å²) in [6.45, 7) is 0. The van der Waals surface area contributed by atoms with Crippen LogP contribution < -0.4 is 5.43 Å². The maximum atomic E-state index is 4.37. The first kappa shape index (κ1) is 11.7. The lowest BCUT2D eigenvalue weighted by atomic mass is 10.2. The number of pyridine rings is 1.